The molecule has 1 rings (SSSR count). The molecule has 5 heteroatoms. The minimum Gasteiger partial charge on any atom is -0.396 e. The summed E-state index contributed by atoms with van der Waals surface area (Å²) < 4.78 is 13.3. The van der Waals surface area contributed by atoms with E-state index in [9.17, 15) is 4.39 Å². The van der Waals surface area contributed by atoms with E-state index >= 15 is 0 Å². The van der Waals surface area contributed by atoms with Crippen molar-refractivity contribution in [2.75, 3.05) is 13.2 Å². The van der Waals surface area contributed by atoms with Crippen LogP contribution in [0.3, 0.4) is 0 Å². The van der Waals surface area contributed by atoms with Crippen molar-refractivity contribution in [2.24, 2.45) is 0 Å². The molecular weight excluding hydrogens is 264 g/mol. The second-order valence-electron chi connectivity index (χ2n) is 3.66. The van der Waals surface area contributed by atoms with Gasteiger partial charge in [0.05, 0.1) is 0 Å². The van der Waals surface area contributed by atoms with E-state index in [4.69, 9.17) is 16.7 Å². The van der Waals surface area contributed by atoms with Crippen molar-refractivity contribution in [1.29, 1.82) is 0 Å². The SMILES string of the molecule is Cl.OCCCCCNCc1c(F)cccc1Cl. The van der Waals surface area contributed by atoms with Crippen LogP contribution in [0.15, 0.2) is 18.2 Å². The van der Waals surface area contributed by atoms with Crippen LogP contribution in [0.4, 0.5) is 4.39 Å². The van der Waals surface area contributed by atoms with Crippen LogP contribution in [-0.2, 0) is 6.54 Å². The van der Waals surface area contributed by atoms with Gasteiger partial charge < -0.3 is 10.4 Å². The molecular formula is C12H18Cl2FNO. The largest absolute Gasteiger partial charge is 0.396 e. The van der Waals surface area contributed by atoms with E-state index in [2.05, 4.69) is 5.32 Å². The lowest BCUT2D eigenvalue weighted by Crippen LogP contribution is -2.16. The molecule has 1 aromatic rings. The van der Waals surface area contributed by atoms with E-state index in [0.29, 0.717) is 17.1 Å². The third-order valence-corrected chi connectivity index (χ3v) is 2.73. The first-order chi connectivity index (χ1) is 7.75. The third kappa shape index (κ3) is 6.22. The fourth-order valence-corrected chi connectivity index (χ4v) is 1.68. The quantitative estimate of drug-likeness (QED) is 0.753. The molecule has 0 spiro atoms. The zero-order chi connectivity index (χ0) is 11.8. The lowest BCUT2D eigenvalue weighted by atomic mass is 10.2. The third-order valence-electron chi connectivity index (χ3n) is 2.38. The molecule has 0 fully saturated rings. The molecule has 17 heavy (non-hydrogen) atoms. The number of rotatable bonds is 7. The van der Waals surface area contributed by atoms with Gasteiger partial charge in [-0.15, -0.1) is 12.4 Å². The average molecular weight is 282 g/mol. The monoisotopic (exact) mass is 281 g/mol. The van der Waals surface area contributed by atoms with Crippen molar-refractivity contribution in [3.05, 3.63) is 34.6 Å². The van der Waals surface area contributed by atoms with Crippen molar-refractivity contribution in [3.63, 3.8) is 0 Å². The number of aliphatic hydroxyl groups is 1. The molecule has 0 heterocycles. The van der Waals surface area contributed by atoms with Gasteiger partial charge in [0.15, 0.2) is 0 Å². The molecule has 2 N–H and O–H groups in total. The van der Waals surface area contributed by atoms with E-state index in [0.717, 1.165) is 25.8 Å². The highest BCUT2D eigenvalue weighted by Gasteiger charge is 2.05. The Morgan fingerprint density at radius 1 is 1.24 bits per heavy atom. The number of aliphatic hydroxyl groups excluding tert-OH is 1. The van der Waals surface area contributed by atoms with Crippen LogP contribution in [0.1, 0.15) is 24.8 Å². The van der Waals surface area contributed by atoms with Gasteiger partial charge in [-0.2, -0.15) is 0 Å². The van der Waals surface area contributed by atoms with E-state index in [1.807, 2.05) is 0 Å². The van der Waals surface area contributed by atoms with Crippen LogP contribution in [0.25, 0.3) is 0 Å². The number of halogens is 3. The number of benzene rings is 1. The lowest BCUT2D eigenvalue weighted by molar-refractivity contribution is 0.283. The van der Waals surface area contributed by atoms with Crippen LogP contribution in [0, 0.1) is 5.82 Å². The van der Waals surface area contributed by atoms with Crippen LogP contribution < -0.4 is 5.32 Å². The van der Waals surface area contributed by atoms with E-state index in [1.54, 1.807) is 12.1 Å². The fourth-order valence-electron chi connectivity index (χ4n) is 1.45. The first-order valence-corrected chi connectivity index (χ1v) is 5.88. The molecule has 1 aromatic carbocycles. The Labute approximate surface area is 113 Å². The Hall–Kier alpha value is -0.350. The summed E-state index contributed by atoms with van der Waals surface area (Å²) in [5, 5.41) is 12.2. The van der Waals surface area contributed by atoms with Gasteiger partial charge in [-0.3, -0.25) is 0 Å². The van der Waals surface area contributed by atoms with Crippen molar-refractivity contribution in [1.82, 2.24) is 5.32 Å². The minimum atomic E-state index is -0.268. The van der Waals surface area contributed by atoms with Crippen molar-refractivity contribution < 1.29 is 9.50 Å². The summed E-state index contributed by atoms with van der Waals surface area (Å²) in [4.78, 5) is 0. The van der Waals surface area contributed by atoms with Gasteiger partial charge in [0.2, 0.25) is 0 Å². The normalized spacial score (nSPS) is 10.1. The molecule has 0 radical (unpaired) electrons. The number of nitrogens with one attached hydrogen (secondary N) is 1. The Kier molecular flexibility index (Phi) is 9.46. The predicted molar refractivity (Wildman–Crippen MR) is 71.3 cm³/mol. The van der Waals surface area contributed by atoms with Gasteiger partial charge in [0, 0.05) is 23.7 Å². The standard InChI is InChI=1S/C12H17ClFNO.ClH/c13-11-5-4-6-12(14)10(11)9-15-7-2-1-3-8-16;/h4-6,15-16H,1-3,7-9H2;1H. The highest BCUT2D eigenvalue weighted by Crippen LogP contribution is 2.18. The van der Waals surface area contributed by atoms with Crippen LogP contribution >= 0.6 is 24.0 Å². The molecule has 0 saturated heterocycles. The average Bonchev–Trinajstić information content (AvgIpc) is 2.26. The highest BCUT2D eigenvalue weighted by molar-refractivity contribution is 6.31. The maximum atomic E-state index is 13.3. The van der Waals surface area contributed by atoms with Gasteiger partial charge >= 0.3 is 0 Å². The van der Waals surface area contributed by atoms with Crippen LogP contribution in [-0.4, -0.2) is 18.3 Å². The molecule has 0 bridgehead atoms. The Balaban J connectivity index is 0.00000256. The fraction of sp³-hybridized carbons (Fsp3) is 0.500. The highest BCUT2D eigenvalue weighted by atomic mass is 35.5. The molecule has 98 valence electrons. The summed E-state index contributed by atoms with van der Waals surface area (Å²) in [6.07, 6.45) is 2.78. The van der Waals surface area contributed by atoms with Crippen LogP contribution in [0.5, 0.6) is 0 Å². The molecule has 0 aliphatic carbocycles. The second-order valence-corrected chi connectivity index (χ2v) is 4.07. The Morgan fingerprint density at radius 2 is 2.00 bits per heavy atom. The number of hydrogen-bond donors (Lipinski definition) is 2. The van der Waals surface area contributed by atoms with Gasteiger partial charge in [-0.25, -0.2) is 4.39 Å². The Morgan fingerprint density at radius 3 is 2.65 bits per heavy atom. The summed E-state index contributed by atoms with van der Waals surface area (Å²) >= 11 is 5.88. The maximum absolute atomic E-state index is 13.3. The summed E-state index contributed by atoms with van der Waals surface area (Å²) in [5.41, 5.74) is 0.520. The molecule has 0 aromatic heterocycles. The van der Waals surface area contributed by atoms with Crippen molar-refractivity contribution in [3.8, 4) is 0 Å². The first-order valence-electron chi connectivity index (χ1n) is 5.50. The molecule has 0 unspecified atom stereocenters. The zero-order valence-electron chi connectivity index (χ0n) is 9.59. The van der Waals surface area contributed by atoms with Gasteiger partial charge in [0.25, 0.3) is 0 Å². The minimum absolute atomic E-state index is 0. The second kappa shape index (κ2) is 9.66. The van der Waals surface area contributed by atoms with Crippen molar-refractivity contribution >= 4 is 24.0 Å². The molecule has 2 nitrogen and oxygen atoms in total. The summed E-state index contributed by atoms with van der Waals surface area (Å²) in [5.74, 6) is -0.268. The Bertz CT molecular complexity index is 303. The summed E-state index contributed by atoms with van der Waals surface area (Å²) in [7, 11) is 0. The van der Waals surface area contributed by atoms with Gasteiger partial charge in [-0.05, 0) is 37.9 Å². The van der Waals surface area contributed by atoms with E-state index in [1.165, 1.54) is 6.07 Å². The summed E-state index contributed by atoms with van der Waals surface area (Å²) in [6.45, 7) is 1.49. The smallest absolute Gasteiger partial charge is 0.129 e. The number of hydrogen-bond acceptors (Lipinski definition) is 2. The van der Waals surface area contributed by atoms with Gasteiger partial charge in [-0.1, -0.05) is 17.7 Å². The lowest BCUT2D eigenvalue weighted by Gasteiger charge is -2.07. The topological polar surface area (TPSA) is 32.3 Å². The molecule has 0 saturated carbocycles. The summed E-state index contributed by atoms with van der Waals surface area (Å²) in [6, 6.07) is 4.70. The van der Waals surface area contributed by atoms with E-state index in [-0.39, 0.29) is 24.8 Å². The first kappa shape index (κ1) is 16.6. The van der Waals surface area contributed by atoms with Crippen LogP contribution in [0.2, 0.25) is 5.02 Å². The van der Waals surface area contributed by atoms with Crippen molar-refractivity contribution in [2.45, 2.75) is 25.8 Å². The van der Waals surface area contributed by atoms with E-state index < -0.39 is 0 Å². The molecule has 0 aliphatic heterocycles. The maximum Gasteiger partial charge on any atom is 0.129 e. The molecule has 0 atom stereocenters. The molecule has 0 amide bonds. The number of unbranched alkanes of at least 4 members (excludes halogenated alkanes) is 2. The zero-order valence-corrected chi connectivity index (χ0v) is 11.2. The molecule has 0 aliphatic rings. The van der Waals surface area contributed by atoms with Gasteiger partial charge in [0.1, 0.15) is 5.82 Å². The predicted octanol–water partition coefficient (Wildman–Crippen LogP) is 3.15.